The fraction of sp³-hybridized carbons (Fsp3) is 0.964. The molecular weight excluding hydrogens is 493 g/mol. The predicted molar refractivity (Wildman–Crippen MR) is 151 cm³/mol. The summed E-state index contributed by atoms with van der Waals surface area (Å²) in [7, 11) is 1.67. The molecular formula is C28H59NO7P+. The van der Waals surface area contributed by atoms with E-state index in [-0.39, 0.29) is 19.8 Å². The first kappa shape index (κ1) is 36.3. The van der Waals surface area contributed by atoms with E-state index in [0.29, 0.717) is 17.4 Å². The fourth-order valence-corrected chi connectivity index (χ4v) is 4.97. The third-order valence-corrected chi connectivity index (χ3v) is 7.40. The SMILES string of the molecule is CCCCCCCCCCCCCCCCCCC(COC(=O)OCC)OP(=O)(O)OCC[N+](C)(C)C. The first-order chi connectivity index (χ1) is 17.6. The standard InChI is InChI=1S/C28H58NO7P/c1-6-8-9-10-11-12-13-14-15-16-17-18-19-20-21-22-23-27(26-34-28(30)33-7-2)36-37(31,32)35-25-24-29(3,4)5/h27H,6-26H2,1-5H3/p+1. The number of hydrogen-bond acceptors (Lipinski definition) is 6. The van der Waals surface area contributed by atoms with E-state index in [1.807, 2.05) is 21.1 Å². The molecule has 0 aromatic carbocycles. The normalized spacial score (nSPS) is 14.3. The summed E-state index contributed by atoms with van der Waals surface area (Å²) in [6.07, 6.45) is 19.5. The maximum Gasteiger partial charge on any atom is 0.508 e. The number of ether oxygens (including phenoxy) is 2. The van der Waals surface area contributed by atoms with E-state index in [1.165, 1.54) is 83.5 Å². The number of nitrogens with zero attached hydrogens (tertiary/aromatic N) is 1. The Morgan fingerprint density at radius 1 is 0.757 bits per heavy atom. The third-order valence-electron chi connectivity index (χ3n) is 6.33. The summed E-state index contributed by atoms with van der Waals surface area (Å²) in [6.45, 7) is 4.69. The molecule has 8 nitrogen and oxygen atoms in total. The first-order valence-corrected chi connectivity index (χ1v) is 16.3. The van der Waals surface area contributed by atoms with Crippen molar-refractivity contribution in [1.29, 1.82) is 0 Å². The lowest BCUT2D eigenvalue weighted by molar-refractivity contribution is -0.870. The van der Waals surface area contributed by atoms with Crippen molar-refractivity contribution in [2.45, 2.75) is 129 Å². The second-order valence-electron chi connectivity index (χ2n) is 11.1. The van der Waals surface area contributed by atoms with E-state index in [1.54, 1.807) is 6.92 Å². The van der Waals surface area contributed by atoms with Gasteiger partial charge < -0.3 is 18.9 Å². The Morgan fingerprint density at radius 2 is 1.22 bits per heavy atom. The van der Waals surface area contributed by atoms with E-state index in [4.69, 9.17) is 18.5 Å². The van der Waals surface area contributed by atoms with Crippen LogP contribution in [0.2, 0.25) is 0 Å². The van der Waals surface area contributed by atoms with Crippen molar-refractivity contribution >= 4 is 14.0 Å². The largest absolute Gasteiger partial charge is 0.508 e. The molecule has 0 saturated carbocycles. The predicted octanol–water partition coefficient (Wildman–Crippen LogP) is 8.02. The molecule has 0 spiro atoms. The molecule has 0 aromatic rings. The molecule has 0 heterocycles. The number of likely N-dealkylation sites (N-methyl/N-ethyl adjacent to an activating group) is 1. The van der Waals surface area contributed by atoms with E-state index >= 15 is 0 Å². The molecule has 0 rings (SSSR count). The minimum atomic E-state index is -4.24. The molecule has 0 bridgehead atoms. The van der Waals surface area contributed by atoms with Gasteiger partial charge in [0.2, 0.25) is 0 Å². The van der Waals surface area contributed by atoms with Gasteiger partial charge in [0.15, 0.2) is 0 Å². The summed E-state index contributed by atoms with van der Waals surface area (Å²) < 4.78 is 33.3. The lowest BCUT2D eigenvalue weighted by Crippen LogP contribution is -2.37. The monoisotopic (exact) mass is 552 g/mol. The fourth-order valence-electron chi connectivity index (χ4n) is 4.06. The smallest absolute Gasteiger partial charge is 0.435 e. The Balaban J connectivity index is 4.02. The molecule has 1 N–H and O–H groups in total. The summed E-state index contributed by atoms with van der Waals surface area (Å²) in [4.78, 5) is 21.7. The molecule has 0 aliphatic carbocycles. The van der Waals surface area contributed by atoms with Crippen LogP contribution < -0.4 is 0 Å². The van der Waals surface area contributed by atoms with Crippen LogP contribution in [0.3, 0.4) is 0 Å². The lowest BCUT2D eigenvalue weighted by atomic mass is 10.0. The second-order valence-corrected chi connectivity index (χ2v) is 12.5. The highest BCUT2D eigenvalue weighted by Crippen LogP contribution is 2.45. The van der Waals surface area contributed by atoms with Gasteiger partial charge in [0.25, 0.3) is 0 Å². The molecule has 2 atom stereocenters. The van der Waals surface area contributed by atoms with Gasteiger partial charge in [-0.3, -0.25) is 9.05 Å². The van der Waals surface area contributed by atoms with Crippen LogP contribution in [0.5, 0.6) is 0 Å². The van der Waals surface area contributed by atoms with Crippen molar-refractivity contribution in [2.24, 2.45) is 0 Å². The molecule has 2 unspecified atom stereocenters. The van der Waals surface area contributed by atoms with Crippen LogP contribution in [0, 0.1) is 0 Å². The molecule has 0 amide bonds. The number of carbonyl (C=O) groups is 1. The van der Waals surface area contributed by atoms with Crippen molar-refractivity contribution in [1.82, 2.24) is 0 Å². The molecule has 0 aliphatic rings. The van der Waals surface area contributed by atoms with Crippen LogP contribution in [0.1, 0.15) is 123 Å². The van der Waals surface area contributed by atoms with Gasteiger partial charge in [-0.2, -0.15) is 0 Å². The van der Waals surface area contributed by atoms with Crippen molar-refractivity contribution in [3.8, 4) is 0 Å². The zero-order chi connectivity index (χ0) is 27.8. The molecule has 0 fully saturated rings. The lowest BCUT2D eigenvalue weighted by Gasteiger charge is -2.25. The third kappa shape index (κ3) is 26.7. The average molecular weight is 553 g/mol. The molecule has 0 radical (unpaired) electrons. The van der Waals surface area contributed by atoms with Gasteiger partial charge in [-0.05, 0) is 13.3 Å². The summed E-state index contributed by atoms with van der Waals surface area (Å²) in [5, 5.41) is 0. The zero-order valence-corrected chi connectivity index (χ0v) is 25.6. The zero-order valence-electron chi connectivity index (χ0n) is 24.7. The number of phosphoric ester groups is 1. The highest BCUT2D eigenvalue weighted by atomic mass is 31.2. The van der Waals surface area contributed by atoms with E-state index < -0.39 is 20.1 Å². The van der Waals surface area contributed by atoms with Crippen molar-refractivity contribution in [2.75, 3.05) is 47.5 Å². The Kier molecular flexibility index (Phi) is 22.8. The maximum atomic E-state index is 12.4. The molecule has 0 saturated heterocycles. The summed E-state index contributed by atoms with van der Waals surface area (Å²) >= 11 is 0. The number of phosphoric acid groups is 1. The van der Waals surface area contributed by atoms with Gasteiger partial charge in [-0.15, -0.1) is 0 Å². The van der Waals surface area contributed by atoms with Gasteiger partial charge in [0.05, 0.1) is 27.7 Å². The summed E-state index contributed by atoms with van der Waals surface area (Å²) in [6, 6.07) is 0. The topological polar surface area (TPSA) is 91.3 Å². The summed E-state index contributed by atoms with van der Waals surface area (Å²) in [5.41, 5.74) is 0. The molecule has 37 heavy (non-hydrogen) atoms. The first-order valence-electron chi connectivity index (χ1n) is 14.9. The summed E-state index contributed by atoms with van der Waals surface area (Å²) in [5.74, 6) is 0. The molecule has 9 heteroatoms. The van der Waals surface area contributed by atoms with E-state index in [0.717, 1.165) is 19.3 Å². The van der Waals surface area contributed by atoms with Crippen LogP contribution >= 0.6 is 7.82 Å². The number of hydrogen-bond donors (Lipinski definition) is 1. The minimum Gasteiger partial charge on any atom is -0.435 e. The number of unbranched alkanes of at least 4 members (excludes halogenated alkanes) is 15. The van der Waals surface area contributed by atoms with Gasteiger partial charge in [-0.1, -0.05) is 110 Å². The molecule has 0 aromatic heterocycles. The average Bonchev–Trinajstić information content (AvgIpc) is 2.81. The Labute approximate surface area is 228 Å². The van der Waals surface area contributed by atoms with Crippen molar-refractivity contribution in [3.63, 3.8) is 0 Å². The van der Waals surface area contributed by atoms with Crippen molar-refractivity contribution in [3.05, 3.63) is 0 Å². The Bertz CT molecular complexity index is 583. The van der Waals surface area contributed by atoms with Crippen LogP contribution in [0.15, 0.2) is 0 Å². The highest BCUT2D eigenvalue weighted by Gasteiger charge is 2.28. The highest BCUT2D eigenvalue weighted by molar-refractivity contribution is 7.47. The van der Waals surface area contributed by atoms with Gasteiger partial charge in [0, 0.05) is 0 Å². The van der Waals surface area contributed by atoms with Gasteiger partial charge >= 0.3 is 14.0 Å². The van der Waals surface area contributed by atoms with Gasteiger partial charge in [0.1, 0.15) is 25.9 Å². The van der Waals surface area contributed by atoms with Crippen LogP contribution in [-0.4, -0.2) is 69.1 Å². The van der Waals surface area contributed by atoms with Crippen molar-refractivity contribution < 1.29 is 37.3 Å². The quantitative estimate of drug-likeness (QED) is 0.0503. The molecule has 0 aliphatic heterocycles. The Hall–Kier alpha value is -0.660. The van der Waals surface area contributed by atoms with Crippen LogP contribution in [0.25, 0.3) is 0 Å². The number of quaternary nitrogens is 1. The minimum absolute atomic E-state index is 0.0990. The Morgan fingerprint density at radius 3 is 1.65 bits per heavy atom. The van der Waals surface area contributed by atoms with Crippen LogP contribution in [-0.2, 0) is 23.1 Å². The van der Waals surface area contributed by atoms with Crippen LogP contribution in [0.4, 0.5) is 4.79 Å². The number of carbonyl (C=O) groups excluding carboxylic acids is 1. The molecule has 222 valence electrons. The van der Waals surface area contributed by atoms with E-state index in [9.17, 15) is 14.3 Å². The number of rotatable bonds is 26. The second kappa shape index (κ2) is 23.2. The van der Waals surface area contributed by atoms with Gasteiger partial charge in [-0.25, -0.2) is 9.36 Å². The maximum absolute atomic E-state index is 12.4. The van der Waals surface area contributed by atoms with E-state index in [2.05, 4.69) is 6.92 Å².